The van der Waals surface area contributed by atoms with Crippen molar-refractivity contribution in [2.75, 3.05) is 7.11 Å². The number of hydrogen-bond donors (Lipinski definition) is 2. The zero-order valence-electron chi connectivity index (χ0n) is 7.99. The molecule has 0 saturated heterocycles. The number of phenols is 2. The van der Waals surface area contributed by atoms with Gasteiger partial charge in [0.2, 0.25) is 0 Å². The fourth-order valence-corrected chi connectivity index (χ4v) is 1.81. The van der Waals surface area contributed by atoms with Gasteiger partial charge in [-0.25, -0.2) is 0 Å². The molecule has 0 radical (unpaired) electrons. The highest BCUT2D eigenvalue weighted by atomic mass is 35.5. The molecule has 2 aromatic rings. The highest BCUT2D eigenvalue weighted by Gasteiger charge is 2.17. The number of aromatic hydroxyl groups is 2. The molecule has 0 atom stereocenters. The average Bonchev–Trinajstić information content (AvgIpc) is 2.27. The van der Waals surface area contributed by atoms with Crippen LogP contribution in [0.4, 0.5) is 0 Å². The lowest BCUT2D eigenvalue weighted by atomic mass is 10.1. The van der Waals surface area contributed by atoms with E-state index in [-0.39, 0.29) is 16.5 Å². The molecule has 0 saturated carbocycles. The van der Waals surface area contributed by atoms with Crippen molar-refractivity contribution in [2.24, 2.45) is 0 Å². The van der Waals surface area contributed by atoms with Gasteiger partial charge in [0, 0.05) is 10.8 Å². The number of hydrogen-bond acceptors (Lipinski definition) is 3. The van der Waals surface area contributed by atoms with Crippen LogP contribution in [0.25, 0.3) is 10.8 Å². The van der Waals surface area contributed by atoms with Crippen molar-refractivity contribution < 1.29 is 14.9 Å². The van der Waals surface area contributed by atoms with Crippen molar-refractivity contribution in [2.45, 2.75) is 0 Å². The van der Waals surface area contributed by atoms with Crippen LogP contribution in [0.1, 0.15) is 0 Å². The van der Waals surface area contributed by atoms with E-state index in [0.29, 0.717) is 16.5 Å². The van der Waals surface area contributed by atoms with Crippen LogP contribution >= 0.6 is 11.6 Å². The highest BCUT2D eigenvalue weighted by molar-refractivity contribution is 6.35. The highest BCUT2D eigenvalue weighted by Crippen LogP contribution is 2.47. The first-order valence-corrected chi connectivity index (χ1v) is 4.70. The molecule has 2 N–H and O–H groups in total. The van der Waals surface area contributed by atoms with E-state index in [4.69, 9.17) is 16.3 Å². The van der Waals surface area contributed by atoms with Crippen LogP contribution in [0.5, 0.6) is 17.2 Å². The van der Waals surface area contributed by atoms with E-state index < -0.39 is 0 Å². The largest absolute Gasteiger partial charge is 0.504 e. The number of rotatable bonds is 1. The van der Waals surface area contributed by atoms with E-state index >= 15 is 0 Å². The summed E-state index contributed by atoms with van der Waals surface area (Å²) in [5.41, 5.74) is 0. The lowest BCUT2D eigenvalue weighted by Gasteiger charge is -2.11. The van der Waals surface area contributed by atoms with E-state index in [1.165, 1.54) is 7.11 Å². The van der Waals surface area contributed by atoms with Crippen LogP contribution < -0.4 is 4.74 Å². The summed E-state index contributed by atoms with van der Waals surface area (Å²) in [4.78, 5) is 0. The lowest BCUT2D eigenvalue weighted by Crippen LogP contribution is -1.87. The summed E-state index contributed by atoms with van der Waals surface area (Å²) in [5, 5.41) is 20.4. The van der Waals surface area contributed by atoms with Gasteiger partial charge in [-0.05, 0) is 0 Å². The molecule has 0 heterocycles. The summed E-state index contributed by atoms with van der Waals surface area (Å²) in [6.45, 7) is 0. The van der Waals surface area contributed by atoms with Crippen LogP contribution in [0.2, 0.25) is 5.02 Å². The fraction of sp³-hybridized carbons (Fsp3) is 0.0909. The molecule has 15 heavy (non-hydrogen) atoms. The Hall–Kier alpha value is -1.61. The monoisotopic (exact) mass is 224 g/mol. The third-order valence-electron chi connectivity index (χ3n) is 2.26. The van der Waals surface area contributed by atoms with E-state index in [1.807, 2.05) is 0 Å². The lowest BCUT2D eigenvalue weighted by molar-refractivity contribution is 0.393. The van der Waals surface area contributed by atoms with Crippen LogP contribution in [-0.2, 0) is 0 Å². The molecule has 0 spiro atoms. The summed E-state index contributed by atoms with van der Waals surface area (Å²) >= 11 is 5.84. The quantitative estimate of drug-likeness (QED) is 0.733. The molecule has 0 aliphatic carbocycles. The molecular weight excluding hydrogens is 216 g/mol. The summed E-state index contributed by atoms with van der Waals surface area (Å²) in [6.07, 6.45) is 0. The van der Waals surface area contributed by atoms with Crippen LogP contribution in [-0.4, -0.2) is 17.3 Å². The Kier molecular flexibility index (Phi) is 2.32. The van der Waals surface area contributed by atoms with Crippen molar-refractivity contribution in [3.63, 3.8) is 0 Å². The SMILES string of the molecule is COc1c(Cl)c(O)c(O)c2ccccc12. The minimum atomic E-state index is -0.354. The van der Waals surface area contributed by atoms with E-state index in [1.54, 1.807) is 24.3 Å². The molecule has 3 nitrogen and oxygen atoms in total. The summed E-state index contributed by atoms with van der Waals surface area (Å²) in [7, 11) is 1.46. The first-order valence-electron chi connectivity index (χ1n) is 4.33. The third-order valence-corrected chi connectivity index (χ3v) is 2.61. The Labute approximate surface area is 91.5 Å². The molecule has 4 heteroatoms. The Morgan fingerprint density at radius 3 is 2.27 bits per heavy atom. The third kappa shape index (κ3) is 1.36. The van der Waals surface area contributed by atoms with Crippen LogP contribution in [0, 0.1) is 0 Å². The topological polar surface area (TPSA) is 49.7 Å². The van der Waals surface area contributed by atoms with Crippen molar-refractivity contribution >= 4 is 22.4 Å². The first-order chi connectivity index (χ1) is 7.16. The van der Waals surface area contributed by atoms with Crippen molar-refractivity contribution in [3.8, 4) is 17.2 Å². The van der Waals surface area contributed by atoms with Gasteiger partial charge in [-0.2, -0.15) is 0 Å². The number of ether oxygens (including phenoxy) is 1. The van der Waals surface area contributed by atoms with Crippen molar-refractivity contribution in [3.05, 3.63) is 29.3 Å². The Morgan fingerprint density at radius 2 is 1.67 bits per heavy atom. The standard InChI is InChI=1S/C11H9ClO3/c1-15-11-7-5-3-2-4-6(7)9(13)10(14)8(11)12/h2-5,13-14H,1H3. The van der Waals surface area contributed by atoms with Gasteiger partial charge in [-0.3, -0.25) is 0 Å². The van der Waals surface area contributed by atoms with Crippen molar-refractivity contribution in [1.82, 2.24) is 0 Å². The van der Waals surface area contributed by atoms with Gasteiger partial charge < -0.3 is 14.9 Å². The van der Waals surface area contributed by atoms with Gasteiger partial charge in [0.1, 0.15) is 10.8 Å². The van der Waals surface area contributed by atoms with Gasteiger partial charge in [-0.1, -0.05) is 35.9 Å². The maximum atomic E-state index is 9.67. The molecule has 0 aromatic heterocycles. The predicted molar refractivity (Wildman–Crippen MR) is 58.8 cm³/mol. The summed E-state index contributed by atoms with van der Waals surface area (Å²) < 4.78 is 5.09. The predicted octanol–water partition coefficient (Wildman–Crippen LogP) is 2.91. The number of fused-ring (bicyclic) bond motifs is 1. The normalized spacial score (nSPS) is 10.5. The molecule has 0 unspecified atom stereocenters. The summed E-state index contributed by atoms with van der Waals surface area (Å²) in [6, 6.07) is 7.01. The molecular formula is C11H9ClO3. The minimum absolute atomic E-state index is 0.0219. The molecule has 0 bridgehead atoms. The molecule has 0 aliphatic rings. The first kappa shape index (κ1) is 9.93. The smallest absolute Gasteiger partial charge is 0.181 e. The Balaban J connectivity index is 2.98. The second kappa shape index (κ2) is 3.51. The zero-order chi connectivity index (χ0) is 11.0. The fourth-order valence-electron chi connectivity index (χ4n) is 1.54. The second-order valence-electron chi connectivity index (χ2n) is 3.09. The molecule has 0 fully saturated rings. The van der Waals surface area contributed by atoms with Gasteiger partial charge in [-0.15, -0.1) is 0 Å². The number of methoxy groups -OCH3 is 1. The van der Waals surface area contributed by atoms with Crippen LogP contribution in [0.15, 0.2) is 24.3 Å². The van der Waals surface area contributed by atoms with E-state index in [0.717, 1.165) is 0 Å². The maximum Gasteiger partial charge on any atom is 0.181 e. The molecule has 0 aliphatic heterocycles. The van der Waals surface area contributed by atoms with Gasteiger partial charge in [0.25, 0.3) is 0 Å². The zero-order valence-corrected chi connectivity index (χ0v) is 8.75. The second-order valence-corrected chi connectivity index (χ2v) is 3.47. The van der Waals surface area contributed by atoms with Gasteiger partial charge in [0.15, 0.2) is 11.5 Å². The van der Waals surface area contributed by atoms with Crippen molar-refractivity contribution in [1.29, 1.82) is 0 Å². The minimum Gasteiger partial charge on any atom is -0.504 e. The van der Waals surface area contributed by atoms with E-state index in [2.05, 4.69) is 0 Å². The average molecular weight is 225 g/mol. The van der Waals surface area contributed by atoms with Gasteiger partial charge in [0.05, 0.1) is 7.11 Å². The molecule has 2 rings (SSSR count). The molecule has 0 amide bonds. The Bertz CT molecular complexity index is 523. The number of halogens is 1. The van der Waals surface area contributed by atoms with Gasteiger partial charge >= 0.3 is 0 Å². The van der Waals surface area contributed by atoms with E-state index in [9.17, 15) is 10.2 Å². The summed E-state index contributed by atoms with van der Waals surface area (Å²) in [5.74, 6) is -0.216. The maximum absolute atomic E-state index is 9.67. The molecule has 2 aromatic carbocycles. The Morgan fingerprint density at radius 1 is 1.07 bits per heavy atom. The van der Waals surface area contributed by atoms with Crippen LogP contribution in [0.3, 0.4) is 0 Å². The number of benzene rings is 2. The molecule has 78 valence electrons. The number of phenolic OH excluding ortho intramolecular Hbond substituents is 2.